The molecule has 4 nitrogen and oxygen atoms in total. The number of pyridine rings is 1. The van der Waals surface area contributed by atoms with Crippen LogP contribution in [0.4, 0.5) is 13.2 Å². The third-order valence-corrected chi connectivity index (χ3v) is 2.21. The minimum absolute atomic E-state index is 0.0277. The fraction of sp³-hybridized carbons (Fsp3) is 0.375. The maximum atomic E-state index is 11.9. The Kier molecular flexibility index (Phi) is 3.84. The Bertz CT molecular complexity index is 430. The molecule has 1 heterocycles. The lowest BCUT2D eigenvalue weighted by atomic mass is 10.3. The van der Waals surface area contributed by atoms with Crippen LogP contribution in [0.3, 0.4) is 0 Å². The normalized spacial score (nSPS) is 11.3. The lowest BCUT2D eigenvalue weighted by molar-refractivity contribution is -0.276. The van der Waals surface area contributed by atoms with Crippen LogP contribution in [0.15, 0.2) is 10.9 Å². The fourth-order valence-corrected chi connectivity index (χ4v) is 1.56. The second kappa shape index (κ2) is 4.77. The van der Waals surface area contributed by atoms with E-state index in [-0.39, 0.29) is 16.6 Å². The van der Waals surface area contributed by atoms with Crippen molar-refractivity contribution in [1.82, 2.24) is 4.98 Å². The summed E-state index contributed by atoms with van der Waals surface area (Å²) >= 11 is 3.02. The molecule has 0 aliphatic rings. The molecule has 0 spiro atoms. The number of methoxy groups -OCH3 is 1. The zero-order valence-corrected chi connectivity index (χ0v) is 9.61. The number of aromatic nitrogens is 1. The smallest absolute Gasteiger partial charge is 0.496 e. The van der Waals surface area contributed by atoms with Gasteiger partial charge in [-0.15, -0.1) is 13.2 Å². The van der Waals surface area contributed by atoms with E-state index >= 15 is 0 Å². The van der Waals surface area contributed by atoms with E-state index in [9.17, 15) is 18.0 Å². The second-order valence-corrected chi connectivity index (χ2v) is 3.25. The van der Waals surface area contributed by atoms with Crippen molar-refractivity contribution in [1.29, 1.82) is 0 Å². The largest absolute Gasteiger partial charge is 0.574 e. The topological polar surface area (TPSA) is 51.3 Å². The molecule has 0 aliphatic carbocycles. The third-order valence-electron chi connectivity index (χ3n) is 1.65. The highest BCUT2D eigenvalue weighted by Crippen LogP contribution is 2.25. The van der Waals surface area contributed by atoms with Gasteiger partial charge >= 0.3 is 6.36 Å². The second-order valence-electron chi connectivity index (χ2n) is 2.69. The number of ether oxygens (including phenoxy) is 2. The molecule has 90 valence electrons. The molecule has 8 heteroatoms. The third kappa shape index (κ3) is 3.16. The summed E-state index contributed by atoms with van der Waals surface area (Å²) in [5.41, 5.74) is -0.507. The van der Waals surface area contributed by atoms with Crippen LogP contribution in [-0.4, -0.2) is 18.5 Å². The lowest BCUT2D eigenvalue weighted by Crippen LogP contribution is -2.21. The van der Waals surface area contributed by atoms with Crippen molar-refractivity contribution in [2.75, 3.05) is 7.11 Å². The Hall–Kier alpha value is -1.18. The highest BCUT2D eigenvalue weighted by atomic mass is 79.9. The Balaban J connectivity index is 3.16. The summed E-state index contributed by atoms with van der Waals surface area (Å²) in [7, 11) is 1.25. The summed E-state index contributed by atoms with van der Waals surface area (Å²) < 4.78 is 44.0. The van der Waals surface area contributed by atoms with Gasteiger partial charge in [0.15, 0.2) is 0 Å². The standard InChI is InChI=1S/C8H7BrF3NO3/c1-15-5-2-6(16-8(10,11)12)13-7(14)4(5)3-9/h2H,3H2,1H3,(H,13,14). The Morgan fingerprint density at radius 1 is 1.50 bits per heavy atom. The van der Waals surface area contributed by atoms with Crippen molar-refractivity contribution in [3.8, 4) is 11.6 Å². The maximum Gasteiger partial charge on any atom is 0.574 e. The van der Waals surface area contributed by atoms with Gasteiger partial charge < -0.3 is 9.47 Å². The zero-order chi connectivity index (χ0) is 12.3. The van der Waals surface area contributed by atoms with E-state index in [1.807, 2.05) is 4.98 Å². The molecule has 0 radical (unpaired) electrons. The van der Waals surface area contributed by atoms with Crippen molar-refractivity contribution in [3.63, 3.8) is 0 Å². The quantitative estimate of drug-likeness (QED) is 0.871. The van der Waals surface area contributed by atoms with Gasteiger partial charge in [0.2, 0.25) is 5.88 Å². The molecule has 0 fully saturated rings. The van der Waals surface area contributed by atoms with Gasteiger partial charge in [-0.2, -0.15) is 0 Å². The van der Waals surface area contributed by atoms with E-state index < -0.39 is 17.8 Å². The molecule has 0 atom stereocenters. The molecule has 0 bridgehead atoms. The molecule has 1 aromatic heterocycles. The summed E-state index contributed by atoms with van der Waals surface area (Å²) in [6.07, 6.45) is -4.86. The molecule has 0 unspecified atom stereocenters. The van der Waals surface area contributed by atoms with E-state index in [0.717, 1.165) is 6.07 Å². The molecule has 0 aromatic carbocycles. The van der Waals surface area contributed by atoms with Crippen molar-refractivity contribution >= 4 is 15.9 Å². The van der Waals surface area contributed by atoms with E-state index in [1.165, 1.54) is 7.11 Å². The first-order valence-electron chi connectivity index (χ1n) is 3.99. The molecule has 0 amide bonds. The van der Waals surface area contributed by atoms with Crippen molar-refractivity contribution in [2.45, 2.75) is 11.7 Å². The molecule has 1 rings (SSSR count). The summed E-state index contributed by atoms with van der Waals surface area (Å²) in [6.45, 7) is 0. The summed E-state index contributed by atoms with van der Waals surface area (Å²) in [6, 6.07) is 0.964. The molecule has 16 heavy (non-hydrogen) atoms. The van der Waals surface area contributed by atoms with Crippen LogP contribution in [0.5, 0.6) is 11.6 Å². The van der Waals surface area contributed by atoms with Gasteiger partial charge in [0.1, 0.15) is 5.75 Å². The fourth-order valence-electron chi connectivity index (χ4n) is 1.03. The maximum absolute atomic E-state index is 11.9. The summed E-state index contributed by atoms with van der Waals surface area (Å²) in [4.78, 5) is 13.3. The van der Waals surface area contributed by atoms with Crippen LogP contribution in [0.25, 0.3) is 0 Å². The van der Waals surface area contributed by atoms with Crippen LogP contribution < -0.4 is 15.0 Å². The van der Waals surface area contributed by atoms with Crippen molar-refractivity contribution < 1.29 is 22.6 Å². The molecule has 1 aromatic rings. The van der Waals surface area contributed by atoms with Gasteiger partial charge in [-0.25, -0.2) is 0 Å². The number of H-pyrrole nitrogens is 1. The van der Waals surface area contributed by atoms with E-state index in [4.69, 9.17) is 4.74 Å². The van der Waals surface area contributed by atoms with Crippen molar-refractivity contribution in [3.05, 3.63) is 22.0 Å². The number of alkyl halides is 4. The first kappa shape index (κ1) is 12.9. The SMILES string of the molecule is COc1cc(OC(F)(F)F)[nH]c(=O)c1CBr. The number of hydrogen-bond donors (Lipinski definition) is 1. The highest BCUT2D eigenvalue weighted by Gasteiger charge is 2.32. The first-order valence-corrected chi connectivity index (χ1v) is 5.11. The van der Waals surface area contributed by atoms with Gasteiger partial charge in [-0.3, -0.25) is 9.78 Å². The number of halogens is 4. The highest BCUT2D eigenvalue weighted by molar-refractivity contribution is 9.08. The van der Waals surface area contributed by atoms with Crippen molar-refractivity contribution in [2.24, 2.45) is 0 Å². The number of hydrogen-bond acceptors (Lipinski definition) is 3. The van der Waals surface area contributed by atoms with Gasteiger partial charge in [-0.05, 0) is 0 Å². The number of rotatable bonds is 3. The number of nitrogens with one attached hydrogen (secondary N) is 1. The Labute approximate surface area is 96.5 Å². The Morgan fingerprint density at radius 3 is 2.56 bits per heavy atom. The molecular weight excluding hydrogens is 295 g/mol. The monoisotopic (exact) mass is 301 g/mol. The Morgan fingerprint density at radius 2 is 2.12 bits per heavy atom. The minimum atomic E-state index is -4.86. The van der Waals surface area contributed by atoms with Gasteiger partial charge in [0.05, 0.1) is 12.7 Å². The van der Waals surface area contributed by atoms with E-state index in [1.54, 1.807) is 0 Å². The van der Waals surface area contributed by atoms with E-state index in [2.05, 4.69) is 20.7 Å². The van der Waals surface area contributed by atoms with Gasteiger partial charge in [-0.1, -0.05) is 15.9 Å². The molecule has 0 saturated heterocycles. The van der Waals surface area contributed by atoms with E-state index in [0.29, 0.717) is 0 Å². The average molecular weight is 302 g/mol. The van der Waals surface area contributed by atoms with Crippen LogP contribution >= 0.6 is 15.9 Å². The minimum Gasteiger partial charge on any atom is -0.496 e. The average Bonchev–Trinajstić information content (AvgIpc) is 2.14. The van der Waals surface area contributed by atoms with Crippen LogP contribution in [0, 0.1) is 0 Å². The molecular formula is C8H7BrF3NO3. The zero-order valence-electron chi connectivity index (χ0n) is 8.02. The van der Waals surface area contributed by atoms with Crippen LogP contribution in [0.2, 0.25) is 0 Å². The predicted molar refractivity (Wildman–Crippen MR) is 52.9 cm³/mol. The summed E-state index contributed by atoms with van der Waals surface area (Å²) in [5.74, 6) is -0.682. The summed E-state index contributed by atoms with van der Waals surface area (Å²) in [5, 5.41) is 0.164. The lowest BCUT2D eigenvalue weighted by Gasteiger charge is -2.11. The van der Waals surface area contributed by atoms with Gasteiger partial charge in [0.25, 0.3) is 5.56 Å². The molecule has 0 saturated carbocycles. The molecule has 0 aliphatic heterocycles. The van der Waals surface area contributed by atoms with Crippen LogP contribution in [0.1, 0.15) is 5.56 Å². The molecule has 1 N–H and O–H groups in total. The van der Waals surface area contributed by atoms with Gasteiger partial charge in [0, 0.05) is 11.4 Å². The predicted octanol–water partition coefficient (Wildman–Crippen LogP) is 2.18. The van der Waals surface area contributed by atoms with Crippen LogP contribution in [-0.2, 0) is 5.33 Å². The first-order chi connectivity index (χ1) is 7.37. The number of aromatic amines is 1.